The van der Waals surface area contributed by atoms with Crippen molar-refractivity contribution >= 4 is 43.2 Å². The number of nitrogens with one attached hydrogen (secondary N) is 1. The van der Waals surface area contributed by atoms with E-state index in [4.69, 9.17) is 0 Å². The van der Waals surface area contributed by atoms with Crippen molar-refractivity contribution in [1.29, 1.82) is 0 Å². The summed E-state index contributed by atoms with van der Waals surface area (Å²) in [5.41, 5.74) is 0.450. The second-order valence-corrected chi connectivity index (χ2v) is 10.6. The number of nitrogens with zero attached hydrogens (tertiary/aromatic N) is 2. The number of amides is 1. The predicted molar refractivity (Wildman–Crippen MR) is 105 cm³/mol. The van der Waals surface area contributed by atoms with Gasteiger partial charge in [-0.15, -0.1) is 11.3 Å². The number of piperidine rings is 1. The maximum Gasteiger partial charge on any atom is 0.253 e. The topological polar surface area (TPSA) is 79.4 Å². The van der Waals surface area contributed by atoms with E-state index in [1.54, 1.807) is 28.7 Å². The molecule has 0 saturated carbocycles. The Labute approximate surface area is 165 Å². The minimum atomic E-state index is -3.44. The molecule has 1 fully saturated rings. The monoisotopic (exact) mass is 457 g/mol. The molecule has 2 aromatic rings. The summed E-state index contributed by atoms with van der Waals surface area (Å²) in [6, 6.07) is 5.06. The zero-order chi connectivity index (χ0) is 18.7. The second kappa shape index (κ2) is 8.16. The number of sulfonamides is 1. The summed E-state index contributed by atoms with van der Waals surface area (Å²) in [7, 11) is -3.44. The Kier molecular flexibility index (Phi) is 6.11. The van der Waals surface area contributed by atoms with Crippen molar-refractivity contribution in [2.24, 2.45) is 5.92 Å². The van der Waals surface area contributed by atoms with Crippen LogP contribution in [-0.2, 0) is 16.6 Å². The number of hydrogen-bond donors (Lipinski definition) is 1. The maximum absolute atomic E-state index is 12.7. The first-order chi connectivity index (χ1) is 12.4. The van der Waals surface area contributed by atoms with E-state index in [-0.39, 0.29) is 12.5 Å². The molecule has 1 amide bonds. The molecule has 140 valence electrons. The lowest BCUT2D eigenvalue weighted by molar-refractivity contribution is 0.0951. The third kappa shape index (κ3) is 4.51. The highest BCUT2D eigenvalue weighted by Crippen LogP contribution is 2.28. The fraction of sp³-hybridized carbons (Fsp3) is 0.412. The van der Waals surface area contributed by atoms with Crippen LogP contribution in [0.5, 0.6) is 0 Å². The van der Waals surface area contributed by atoms with Gasteiger partial charge < -0.3 is 5.32 Å². The van der Waals surface area contributed by atoms with Crippen LogP contribution in [0.1, 0.15) is 35.0 Å². The molecule has 1 aliphatic heterocycles. The van der Waals surface area contributed by atoms with Crippen LogP contribution in [-0.4, -0.2) is 36.7 Å². The molecule has 0 aromatic carbocycles. The summed E-state index contributed by atoms with van der Waals surface area (Å²) in [5, 5.41) is 2.79. The van der Waals surface area contributed by atoms with E-state index in [9.17, 15) is 13.2 Å². The van der Waals surface area contributed by atoms with Crippen LogP contribution in [0.3, 0.4) is 0 Å². The summed E-state index contributed by atoms with van der Waals surface area (Å²) in [4.78, 5) is 16.9. The molecule has 3 heterocycles. The molecule has 6 nitrogen and oxygen atoms in total. The minimum Gasteiger partial charge on any atom is -0.347 e. The third-order valence-corrected chi connectivity index (χ3v) is 8.25. The van der Waals surface area contributed by atoms with Crippen LogP contribution in [0.25, 0.3) is 0 Å². The van der Waals surface area contributed by atoms with Gasteiger partial charge in [0.15, 0.2) is 0 Å². The van der Waals surface area contributed by atoms with Crippen LogP contribution in [0.2, 0.25) is 0 Å². The fourth-order valence-electron chi connectivity index (χ4n) is 2.75. The van der Waals surface area contributed by atoms with Gasteiger partial charge in [-0.2, -0.15) is 4.31 Å². The van der Waals surface area contributed by atoms with E-state index < -0.39 is 10.0 Å². The van der Waals surface area contributed by atoms with Gasteiger partial charge in [0.2, 0.25) is 0 Å². The maximum atomic E-state index is 12.7. The van der Waals surface area contributed by atoms with E-state index in [1.807, 2.05) is 0 Å². The number of carbonyl (C=O) groups is 1. The molecule has 1 N–H and O–H groups in total. The Morgan fingerprint density at radius 3 is 2.77 bits per heavy atom. The average molecular weight is 458 g/mol. The molecule has 2 aromatic heterocycles. The second-order valence-electron chi connectivity index (χ2n) is 6.38. The molecule has 9 heteroatoms. The molecule has 0 radical (unpaired) electrons. The van der Waals surface area contributed by atoms with Gasteiger partial charge in [0.05, 0.1) is 12.1 Å². The number of thiophene rings is 1. The summed E-state index contributed by atoms with van der Waals surface area (Å²) >= 11 is 4.49. The zero-order valence-corrected chi connectivity index (χ0v) is 17.5. The quantitative estimate of drug-likeness (QED) is 0.746. The molecule has 0 atom stereocenters. The average Bonchev–Trinajstić information content (AvgIpc) is 3.10. The first-order valence-corrected chi connectivity index (χ1v) is 11.4. The lowest BCUT2D eigenvalue weighted by Gasteiger charge is -2.28. The number of hydrogen-bond acceptors (Lipinski definition) is 5. The molecular formula is C17H20BrN3O3S2. The van der Waals surface area contributed by atoms with Gasteiger partial charge in [-0.25, -0.2) is 8.42 Å². The van der Waals surface area contributed by atoms with Gasteiger partial charge in [0.1, 0.15) is 4.21 Å². The number of pyridine rings is 1. The lowest BCUT2D eigenvalue weighted by Crippen LogP contribution is -2.37. The largest absolute Gasteiger partial charge is 0.347 e. The van der Waals surface area contributed by atoms with Crippen LogP contribution in [0.15, 0.2) is 39.3 Å². The minimum absolute atomic E-state index is 0.248. The van der Waals surface area contributed by atoms with Crippen molar-refractivity contribution < 1.29 is 13.2 Å². The number of aromatic nitrogens is 1. The predicted octanol–water partition coefficient (Wildman–Crippen LogP) is 3.26. The van der Waals surface area contributed by atoms with Crippen LogP contribution in [0, 0.1) is 5.92 Å². The van der Waals surface area contributed by atoms with E-state index in [2.05, 4.69) is 33.2 Å². The molecular weight excluding hydrogens is 438 g/mol. The van der Waals surface area contributed by atoms with E-state index >= 15 is 0 Å². The third-order valence-electron chi connectivity index (χ3n) is 4.36. The van der Waals surface area contributed by atoms with E-state index in [1.165, 1.54) is 17.5 Å². The SMILES string of the molecule is CC1CCN(S(=O)(=O)c2ccc(CNC(=O)c3cncc(Br)c3)s2)CC1. The molecule has 0 unspecified atom stereocenters. The van der Waals surface area contributed by atoms with Gasteiger partial charge in [0, 0.05) is 34.8 Å². The fourth-order valence-corrected chi connectivity index (χ4v) is 6.03. The lowest BCUT2D eigenvalue weighted by atomic mass is 10.0. The smallest absolute Gasteiger partial charge is 0.253 e. The zero-order valence-electron chi connectivity index (χ0n) is 14.3. The highest BCUT2D eigenvalue weighted by molar-refractivity contribution is 9.10. The summed E-state index contributed by atoms with van der Waals surface area (Å²) in [6.07, 6.45) is 4.89. The molecule has 1 aliphatic rings. The highest BCUT2D eigenvalue weighted by atomic mass is 79.9. The molecule has 0 spiro atoms. The molecule has 0 aliphatic carbocycles. The van der Waals surface area contributed by atoms with Crippen LogP contribution < -0.4 is 5.32 Å². The highest BCUT2D eigenvalue weighted by Gasteiger charge is 2.29. The number of rotatable bonds is 5. The first kappa shape index (κ1) is 19.5. The van der Waals surface area contributed by atoms with Crippen molar-refractivity contribution in [3.05, 3.63) is 45.5 Å². The van der Waals surface area contributed by atoms with Gasteiger partial charge in [0.25, 0.3) is 15.9 Å². The Morgan fingerprint density at radius 1 is 1.35 bits per heavy atom. The number of carbonyl (C=O) groups excluding carboxylic acids is 1. The van der Waals surface area contributed by atoms with Crippen LogP contribution in [0.4, 0.5) is 0 Å². The van der Waals surface area contributed by atoms with Crippen molar-refractivity contribution in [2.45, 2.75) is 30.5 Å². The molecule has 1 saturated heterocycles. The Morgan fingerprint density at radius 2 is 2.08 bits per heavy atom. The summed E-state index contributed by atoms with van der Waals surface area (Å²) < 4.78 is 28.1. The Balaban J connectivity index is 1.63. The molecule has 3 rings (SSSR count). The van der Waals surface area contributed by atoms with Gasteiger partial charge in [-0.3, -0.25) is 9.78 Å². The standard InChI is InChI=1S/C17H20BrN3O3S2/c1-12-4-6-21(7-5-12)26(23,24)16-3-2-15(25-16)11-20-17(22)13-8-14(18)10-19-9-13/h2-3,8-10,12H,4-7,11H2,1H3,(H,20,22). The molecule has 0 bridgehead atoms. The van der Waals surface area contributed by atoms with Gasteiger partial charge >= 0.3 is 0 Å². The first-order valence-electron chi connectivity index (χ1n) is 8.34. The van der Waals surface area contributed by atoms with Crippen molar-refractivity contribution in [3.8, 4) is 0 Å². The van der Waals surface area contributed by atoms with Gasteiger partial charge in [-0.1, -0.05) is 6.92 Å². The van der Waals surface area contributed by atoms with Crippen molar-refractivity contribution in [1.82, 2.24) is 14.6 Å². The van der Waals surface area contributed by atoms with Crippen LogP contribution >= 0.6 is 27.3 Å². The van der Waals surface area contributed by atoms with Crippen molar-refractivity contribution in [3.63, 3.8) is 0 Å². The Bertz CT molecular complexity index is 890. The molecule has 26 heavy (non-hydrogen) atoms. The Hall–Kier alpha value is -1.29. The van der Waals surface area contributed by atoms with E-state index in [0.29, 0.717) is 28.8 Å². The van der Waals surface area contributed by atoms with E-state index in [0.717, 1.165) is 22.2 Å². The van der Waals surface area contributed by atoms with Crippen molar-refractivity contribution in [2.75, 3.05) is 13.1 Å². The van der Waals surface area contributed by atoms with Gasteiger partial charge in [-0.05, 0) is 52.9 Å². The normalized spacial score (nSPS) is 16.5. The summed E-state index contributed by atoms with van der Waals surface area (Å²) in [6.45, 7) is 3.58. The summed E-state index contributed by atoms with van der Waals surface area (Å²) in [5.74, 6) is 0.324. The number of halogens is 1.